The zero-order valence-corrected chi connectivity index (χ0v) is 16.2. The van der Waals surface area contributed by atoms with Crippen LogP contribution in [0, 0.1) is 5.92 Å². The number of hydrogen-bond acceptors (Lipinski definition) is 3. The second-order valence-corrected chi connectivity index (χ2v) is 7.96. The third-order valence-corrected chi connectivity index (χ3v) is 5.33. The van der Waals surface area contributed by atoms with E-state index in [4.69, 9.17) is 0 Å². The van der Waals surface area contributed by atoms with Crippen LogP contribution in [0.5, 0.6) is 0 Å². The highest BCUT2D eigenvalue weighted by atomic mass is 16.1. The van der Waals surface area contributed by atoms with Gasteiger partial charge in [-0.2, -0.15) is 0 Å². The summed E-state index contributed by atoms with van der Waals surface area (Å²) >= 11 is 0. The number of pyridine rings is 1. The fraction of sp³-hybridized carbons (Fsp3) is 0.455. The highest BCUT2D eigenvalue weighted by Gasteiger charge is 2.15. The number of fused-ring (bicyclic) bond motifs is 3. The van der Waals surface area contributed by atoms with Gasteiger partial charge in [-0.1, -0.05) is 32.0 Å². The minimum absolute atomic E-state index is 0.0414. The molecule has 1 aliphatic heterocycles. The topological polar surface area (TPSA) is 50.2 Å². The first-order valence-corrected chi connectivity index (χ1v) is 10.0. The minimum atomic E-state index is 0.0414. The van der Waals surface area contributed by atoms with Gasteiger partial charge in [0.25, 0.3) is 0 Å². The largest absolute Gasteiger partial charge is 0.339 e. The molecular formula is C22H28N4O. The summed E-state index contributed by atoms with van der Waals surface area (Å²) in [6, 6.07) is 10.5. The van der Waals surface area contributed by atoms with Crippen LogP contribution in [0.1, 0.15) is 33.1 Å². The smallest absolute Gasteiger partial charge is 0.226 e. The predicted octanol–water partition coefficient (Wildman–Crippen LogP) is 4.27. The molecule has 4 rings (SSSR count). The van der Waals surface area contributed by atoms with Crippen LogP contribution in [-0.2, 0) is 11.3 Å². The Balaban J connectivity index is 1.58. The number of para-hydroxylation sites is 1. The first-order valence-electron chi connectivity index (χ1n) is 10.0. The Kier molecular flexibility index (Phi) is 5.12. The molecule has 1 aromatic carbocycles. The number of carbonyl (C=O) groups excluding carboxylic acids is 1. The summed E-state index contributed by atoms with van der Waals surface area (Å²) in [6.45, 7) is 8.47. The molecule has 0 bridgehead atoms. The summed E-state index contributed by atoms with van der Waals surface area (Å²) < 4.78 is 2.33. The maximum Gasteiger partial charge on any atom is 0.226 e. The van der Waals surface area contributed by atoms with E-state index in [0.29, 0.717) is 18.2 Å². The molecule has 1 amide bonds. The fourth-order valence-corrected chi connectivity index (χ4v) is 4.05. The van der Waals surface area contributed by atoms with E-state index in [9.17, 15) is 4.79 Å². The fourth-order valence-electron chi connectivity index (χ4n) is 4.05. The van der Waals surface area contributed by atoms with Gasteiger partial charge >= 0.3 is 0 Å². The van der Waals surface area contributed by atoms with E-state index >= 15 is 0 Å². The maximum absolute atomic E-state index is 12.3. The average molecular weight is 364 g/mol. The SMILES string of the molecule is CC(C)Cn1c2ccccc2c2cc(NC(=O)CCN3CCCC3)ncc21. The van der Waals surface area contributed by atoms with Crippen molar-refractivity contribution in [1.29, 1.82) is 0 Å². The number of carbonyl (C=O) groups is 1. The summed E-state index contributed by atoms with van der Waals surface area (Å²) in [5, 5.41) is 5.35. The van der Waals surface area contributed by atoms with E-state index in [1.807, 2.05) is 12.3 Å². The van der Waals surface area contributed by atoms with Gasteiger partial charge in [-0.05, 0) is 44.0 Å². The molecule has 1 N–H and O–H groups in total. The number of benzene rings is 1. The molecule has 5 nitrogen and oxygen atoms in total. The first kappa shape index (κ1) is 18.0. The van der Waals surface area contributed by atoms with Gasteiger partial charge in [0.2, 0.25) is 5.91 Å². The monoisotopic (exact) mass is 364 g/mol. The average Bonchev–Trinajstić information content (AvgIpc) is 3.27. The summed E-state index contributed by atoms with van der Waals surface area (Å²) in [7, 11) is 0. The molecule has 2 aromatic heterocycles. The van der Waals surface area contributed by atoms with Crippen molar-refractivity contribution in [2.75, 3.05) is 25.0 Å². The molecule has 1 saturated heterocycles. The number of amides is 1. The second kappa shape index (κ2) is 7.69. The van der Waals surface area contributed by atoms with E-state index in [1.54, 1.807) is 0 Å². The number of nitrogens with zero attached hydrogens (tertiary/aromatic N) is 3. The zero-order chi connectivity index (χ0) is 18.8. The number of nitrogens with one attached hydrogen (secondary N) is 1. The molecule has 0 unspecified atom stereocenters. The molecule has 1 fully saturated rings. The van der Waals surface area contributed by atoms with Crippen molar-refractivity contribution in [2.24, 2.45) is 5.92 Å². The minimum Gasteiger partial charge on any atom is -0.339 e. The molecule has 0 aliphatic carbocycles. The van der Waals surface area contributed by atoms with E-state index in [-0.39, 0.29) is 5.91 Å². The molecule has 0 radical (unpaired) electrons. The highest BCUT2D eigenvalue weighted by molar-refractivity contribution is 6.09. The van der Waals surface area contributed by atoms with Crippen molar-refractivity contribution in [1.82, 2.24) is 14.5 Å². The molecule has 1 aliphatic rings. The molecule has 142 valence electrons. The number of anilines is 1. The quantitative estimate of drug-likeness (QED) is 0.711. The van der Waals surface area contributed by atoms with Crippen molar-refractivity contribution >= 4 is 33.5 Å². The van der Waals surface area contributed by atoms with Gasteiger partial charge in [0.05, 0.1) is 11.7 Å². The lowest BCUT2D eigenvalue weighted by molar-refractivity contribution is -0.116. The molecule has 0 spiro atoms. The van der Waals surface area contributed by atoms with Crippen LogP contribution < -0.4 is 5.32 Å². The summed E-state index contributed by atoms with van der Waals surface area (Å²) in [5.41, 5.74) is 2.35. The third kappa shape index (κ3) is 3.83. The van der Waals surface area contributed by atoms with Gasteiger partial charge < -0.3 is 14.8 Å². The lowest BCUT2D eigenvalue weighted by atomic mass is 10.2. The van der Waals surface area contributed by atoms with Crippen molar-refractivity contribution in [3.05, 3.63) is 36.5 Å². The molecular weight excluding hydrogens is 336 g/mol. The normalized spacial score (nSPS) is 15.2. The summed E-state index contributed by atoms with van der Waals surface area (Å²) in [4.78, 5) is 19.2. The molecule has 3 heterocycles. The van der Waals surface area contributed by atoms with Crippen LogP contribution >= 0.6 is 0 Å². The van der Waals surface area contributed by atoms with Crippen molar-refractivity contribution in [2.45, 2.75) is 39.7 Å². The van der Waals surface area contributed by atoms with Gasteiger partial charge in [-0.3, -0.25) is 4.79 Å². The predicted molar refractivity (Wildman–Crippen MR) is 111 cm³/mol. The lowest BCUT2D eigenvalue weighted by Gasteiger charge is -2.13. The Bertz CT molecular complexity index is 954. The van der Waals surface area contributed by atoms with Crippen molar-refractivity contribution in [3.8, 4) is 0 Å². The third-order valence-electron chi connectivity index (χ3n) is 5.33. The van der Waals surface area contributed by atoms with E-state index in [0.717, 1.165) is 37.1 Å². The molecule has 0 atom stereocenters. The van der Waals surface area contributed by atoms with Crippen molar-refractivity contribution < 1.29 is 4.79 Å². The molecule has 3 aromatic rings. The van der Waals surface area contributed by atoms with Crippen LogP contribution in [0.25, 0.3) is 21.8 Å². The first-order chi connectivity index (χ1) is 13.1. The van der Waals surface area contributed by atoms with Gasteiger partial charge in [-0.25, -0.2) is 4.98 Å². The molecule has 27 heavy (non-hydrogen) atoms. The van der Waals surface area contributed by atoms with E-state index in [2.05, 4.69) is 57.9 Å². The summed E-state index contributed by atoms with van der Waals surface area (Å²) in [5.74, 6) is 1.23. The Morgan fingerprint density at radius 1 is 1.15 bits per heavy atom. The van der Waals surface area contributed by atoms with Crippen LogP contribution in [0.4, 0.5) is 5.82 Å². The number of rotatable bonds is 6. The van der Waals surface area contributed by atoms with Crippen LogP contribution in [0.15, 0.2) is 36.5 Å². The van der Waals surface area contributed by atoms with Crippen molar-refractivity contribution in [3.63, 3.8) is 0 Å². The summed E-state index contributed by atoms with van der Waals surface area (Å²) in [6.07, 6.45) is 4.92. The lowest BCUT2D eigenvalue weighted by Crippen LogP contribution is -2.25. The van der Waals surface area contributed by atoms with Crippen LogP contribution in [0.2, 0.25) is 0 Å². The molecule has 5 heteroatoms. The molecule has 0 saturated carbocycles. The van der Waals surface area contributed by atoms with Gasteiger partial charge in [-0.15, -0.1) is 0 Å². The standard InChI is InChI=1S/C22H28N4O/c1-16(2)15-26-19-8-4-3-7-17(19)18-13-21(23-14-20(18)26)24-22(27)9-12-25-10-5-6-11-25/h3-4,7-8,13-14,16H,5-6,9-12,15H2,1-2H3,(H,23,24,27). The number of likely N-dealkylation sites (tertiary alicyclic amines) is 1. The zero-order valence-electron chi connectivity index (χ0n) is 16.2. The Hall–Kier alpha value is -2.40. The van der Waals surface area contributed by atoms with E-state index in [1.165, 1.54) is 23.7 Å². The Labute approximate surface area is 160 Å². The number of aromatic nitrogens is 2. The van der Waals surface area contributed by atoms with Gasteiger partial charge in [0.15, 0.2) is 0 Å². The number of hydrogen-bond donors (Lipinski definition) is 1. The van der Waals surface area contributed by atoms with Gasteiger partial charge in [0, 0.05) is 35.8 Å². The van der Waals surface area contributed by atoms with E-state index < -0.39 is 0 Å². The van der Waals surface area contributed by atoms with Crippen LogP contribution in [0.3, 0.4) is 0 Å². The Morgan fingerprint density at radius 3 is 2.70 bits per heavy atom. The van der Waals surface area contributed by atoms with Crippen LogP contribution in [-0.4, -0.2) is 40.0 Å². The van der Waals surface area contributed by atoms with Gasteiger partial charge in [0.1, 0.15) is 5.82 Å². The Morgan fingerprint density at radius 2 is 1.93 bits per heavy atom. The highest BCUT2D eigenvalue weighted by Crippen LogP contribution is 2.30. The second-order valence-electron chi connectivity index (χ2n) is 7.96. The maximum atomic E-state index is 12.3.